The van der Waals surface area contributed by atoms with Crippen LogP contribution in [0.2, 0.25) is 0 Å². The summed E-state index contributed by atoms with van der Waals surface area (Å²) in [6.45, 7) is 1.00. The number of halogens is 1. The van der Waals surface area contributed by atoms with Gasteiger partial charge in [-0.1, -0.05) is 29.8 Å². The molecule has 0 saturated heterocycles. The molecule has 0 aliphatic heterocycles. The van der Waals surface area contributed by atoms with Gasteiger partial charge < -0.3 is 14.8 Å². The number of amides is 2. The van der Waals surface area contributed by atoms with Gasteiger partial charge in [0.2, 0.25) is 0 Å². The van der Waals surface area contributed by atoms with E-state index < -0.39 is 28.3 Å². The Bertz CT molecular complexity index is 1690. The van der Waals surface area contributed by atoms with Gasteiger partial charge in [-0.2, -0.15) is 5.10 Å². The number of anilines is 2. The fraction of sp³-hybridized carbons (Fsp3) is 0.129. The van der Waals surface area contributed by atoms with Gasteiger partial charge in [-0.25, -0.2) is 18.2 Å². The first kappa shape index (κ1) is 30.7. The lowest BCUT2D eigenvalue weighted by Gasteiger charge is -2.23. The van der Waals surface area contributed by atoms with Crippen molar-refractivity contribution < 1.29 is 31.9 Å². The van der Waals surface area contributed by atoms with Crippen molar-refractivity contribution in [1.29, 1.82) is 0 Å². The van der Waals surface area contributed by atoms with E-state index >= 15 is 0 Å². The molecule has 0 aromatic heterocycles. The van der Waals surface area contributed by atoms with Gasteiger partial charge in [0.15, 0.2) is 6.61 Å². The zero-order valence-electron chi connectivity index (χ0n) is 23.4. The van der Waals surface area contributed by atoms with Crippen molar-refractivity contribution in [1.82, 2.24) is 5.43 Å². The second-order valence-corrected chi connectivity index (χ2v) is 11.1. The smallest absolute Gasteiger partial charge is 0.264 e. The number of benzene rings is 4. The first-order chi connectivity index (χ1) is 20.7. The Morgan fingerprint density at radius 3 is 2.26 bits per heavy atom. The minimum Gasteiger partial charge on any atom is -0.495 e. The third-order valence-electron chi connectivity index (χ3n) is 6.04. The number of hydrazone groups is 1. The molecule has 2 N–H and O–H groups in total. The maximum Gasteiger partial charge on any atom is 0.264 e. The molecule has 0 aliphatic rings. The van der Waals surface area contributed by atoms with Gasteiger partial charge in [-0.15, -0.1) is 0 Å². The lowest BCUT2D eigenvalue weighted by Crippen LogP contribution is -2.39. The molecule has 222 valence electrons. The van der Waals surface area contributed by atoms with Gasteiger partial charge in [0.25, 0.3) is 21.8 Å². The largest absolute Gasteiger partial charge is 0.495 e. The highest BCUT2D eigenvalue weighted by molar-refractivity contribution is 7.92. The first-order valence-corrected chi connectivity index (χ1v) is 14.4. The number of methoxy groups -OCH3 is 1. The highest BCUT2D eigenvalue weighted by atomic mass is 32.2. The van der Waals surface area contributed by atoms with Gasteiger partial charge >= 0.3 is 0 Å². The number of aryl methyl sites for hydroxylation is 1. The molecule has 4 aromatic carbocycles. The lowest BCUT2D eigenvalue weighted by atomic mass is 10.2. The fourth-order valence-corrected chi connectivity index (χ4v) is 5.26. The number of hydrogen-bond acceptors (Lipinski definition) is 7. The van der Waals surface area contributed by atoms with Crippen LogP contribution in [0.25, 0.3) is 0 Å². The maximum absolute atomic E-state index is 13.5. The summed E-state index contributed by atoms with van der Waals surface area (Å²) in [4.78, 5) is 25.0. The summed E-state index contributed by atoms with van der Waals surface area (Å²) in [5.41, 5.74) is 4.44. The highest BCUT2D eigenvalue weighted by Crippen LogP contribution is 2.25. The second kappa shape index (κ2) is 14.1. The number of para-hydroxylation sites is 2. The van der Waals surface area contributed by atoms with Crippen molar-refractivity contribution in [2.24, 2.45) is 5.10 Å². The molecule has 0 bridgehead atoms. The van der Waals surface area contributed by atoms with E-state index in [0.29, 0.717) is 22.7 Å². The van der Waals surface area contributed by atoms with E-state index in [-0.39, 0.29) is 23.1 Å². The molecule has 10 nitrogen and oxygen atoms in total. The van der Waals surface area contributed by atoms with Gasteiger partial charge in [-0.3, -0.25) is 13.9 Å². The average molecular weight is 605 g/mol. The lowest BCUT2D eigenvalue weighted by molar-refractivity contribution is -0.119. The quantitative estimate of drug-likeness (QED) is 0.181. The molecule has 0 radical (unpaired) electrons. The zero-order valence-corrected chi connectivity index (χ0v) is 24.2. The highest BCUT2D eigenvalue weighted by Gasteiger charge is 2.27. The number of nitrogens with one attached hydrogen (secondary N) is 2. The summed E-state index contributed by atoms with van der Waals surface area (Å²) >= 11 is 0. The van der Waals surface area contributed by atoms with Crippen molar-refractivity contribution in [2.45, 2.75) is 11.8 Å². The Balaban J connectivity index is 1.34. The topological polar surface area (TPSA) is 126 Å². The number of carbonyl (C=O) groups excluding carboxylic acids is 2. The third-order valence-corrected chi connectivity index (χ3v) is 7.83. The van der Waals surface area contributed by atoms with E-state index in [2.05, 4.69) is 15.8 Å². The molecule has 12 heteroatoms. The van der Waals surface area contributed by atoms with Crippen molar-refractivity contribution in [2.75, 3.05) is 29.9 Å². The standard InChI is InChI=1S/C31H29FN4O6S/c1-22-7-17-27(18-8-22)43(39,40)36(25-13-11-24(32)12-14-25)20-30(37)35-33-19-23-9-15-26(16-10-23)42-21-31(38)34-28-5-3-4-6-29(28)41-2/h3-19H,20-21H2,1-2H3,(H,34,38)(H,35,37)/b33-19+. The molecule has 0 heterocycles. The van der Waals surface area contributed by atoms with Gasteiger partial charge in [0, 0.05) is 0 Å². The fourth-order valence-electron chi connectivity index (χ4n) is 3.84. The van der Waals surface area contributed by atoms with E-state index in [1.54, 1.807) is 60.7 Å². The van der Waals surface area contributed by atoms with Crippen molar-refractivity contribution >= 4 is 39.4 Å². The Kier molecular flexibility index (Phi) is 10.1. The van der Waals surface area contributed by atoms with Crippen molar-refractivity contribution in [3.8, 4) is 11.5 Å². The second-order valence-electron chi connectivity index (χ2n) is 9.20. The van der Waals surface area contributed by atoms with Crippen LogP contribution in [0.3, 0.4) is 0 Å². The molecule has 43 heavy (non-hydrogen) atoms. The molecule has 0 fully saturated rings. The average Bonchev–Trinajstić information content (AvgIpc) is 3.00. The van der Waals surface area contributed by atoms with Crippen LogP contribution in [-0.2, 0) is 19.6 Å². The van der Waals surface area contributed by atoms with E-state index in [1.807, 2.05) is 6.92 Å². The van der Waals surface area contributed by atoms with Crippen LogP contribution in [0.1, 0.15) is 11.1 Å². The molecule has 0 saturated carbocycles. The molecule has 4 aromatic rings. The number of rotatable bonds is 12. The Morgan fingerprint density at radius 2 is 1.58 bits per heavy atom. The molecule has 0 atom stereocenters. The summed E-state index contributed by atoms with van der Waals surface area (Å²) in [7, 11) is -2.63. The maximum atomic E-state index is 13.5. The number of hydrogen-bond donors (Lipinski definition) is 2. The normalized spacial score (nSPS) is 11.1. The number of sulfonamides is 1. The molecule has 4 rings (SSSR count). The van der Waals surface area contributed by atoms with Crippen LogP contribution < -0.4 is 24.5 Å². The van der Waals surface area contributed by atoms with Crippen LogP contribution in [-0.4, -0.2) is 46.7 Å². The van der Waals surface area contributed by atoms with E-state index in [0.717, 1.165) is 22.0 Å². The molecular formula is C31H29FN4O6S. The summed E-state index contributed by atoms with van der Waals surface area (Å²) in [6.07, 6.45) is 1.37. The van der Waals surface area contributed by atoms with E-state index in [1.165, 1.54) is 37.6 Å². The molecule has 0 spiro atoms. The summed E-state index contributed by atoms with van der Waals surface area (Å²) in [5, 5.41) is 6.63. The van der Waals surface area contributed by atoms with Gasteiger partial charge in [0.05, 0.1) is 29.6 Å². The number of carbonyl (C=O) groups is 2. The molecule has 2 amide bonds. The number of nitrogens with zero attached hydrogens (tertiary/aromatic N) is 2. The Labute approximate surface area is 248 Å². The minimum absolute atomic E-state index is 0.0155. The summed E-state index contributed by atoms with van der Waals surface area (Å²) < 4.78 is 51.9. The van der Waals surface area contributed by atoms with E-state index in [9.17, 15) is 22.4 Å². The first-order valence-electron chi connectivity index (χ1n) is 13.0. The van der Waals surface area contributed by atoms with Crippen LogP contribution in [0.4, 0.5) is 15.8 Å². The van der Waals surface area contributed by atoms with Crippen molar-refractivity contribution in [3.63, 3.8) is 0 Å². The SMILES string of the molecule is COc1ccccc1NC(=O)COc1ccc(/C=N/NC(=O)CN(c2ccc(F)cc2)S(=O)(=O)c2ccc(C)cc2)cc1. The predicted molar refractivity (Wildman–Crippen MR) is 161 cm³/mol. The Hall–Kier alpha value is -5.23. The van der Waals surface area contributed by atoms with Crippen LogP contribution in [0.15, 0.2) is 107 Å². The molecule has 0 unspecified atom stereocenters. The molecular weight excluding hydrogens is 575 g/mol. The van der Waals surface area contributed by atoms with Crippen LogP contribution in [0.5, 0.6) is 11.5 Å². The predicted octanol–water partition coefficient (Wildman–Crippen LogP) is 4.51. The molecule has 0 aliphatic carbocycles. The Morgan fingerprint density at radius 1 is 0.907 bits per heavy atom. The van der Waals surface area contributed by atoms with Gasteiger partial charge in [0.1, 0.15) is 23.9 Å². The monoisotopic (exact) mass is 604 g/mol. The number of ether oxygens (including phenoxy) is 2. The zero-order chi connectivity index (χ0) is 30.8. The van der Waals surface area contributed by atoms with Gasteiger partial charge in [-0.05, 0) is 85.3 Å². The summed E-state index contributed by atoms with van der Waals surface area (Å²) in [6, 6.07) is 24.6. The van der Waals surface area contributed by atoms with Crippen molar-refractivity contribution in [3.05, 3.63) is 114 Å². The van der Waals surface area contributed by atoms with Crippen LogP contribution >= 0.6 is 0 Å². The van der Waals surface area contributed by atoms with E-state index in [4.69, 9.17) is 9.47 Å². The summed E-state index contributed by atoms with van der Waals surface area (Å²) in [5.74, 6) is -0.650. The third kappa shape index (κ3) is 8.39. The minimum atomic E-state index is -4.14. The van der Waals surface area contributed by atoms with Crippen LogP contribution in [0, 0.1) is 12.7 Å².